The molecule has 0 saturated heterocycles. The van der Waals surface area contributed by atoms with E-state index in [4.69, 9.17) is 8.83 Å². The molecule has 3 nitrogen and oxygen atoms in total. The maximum absolute atomic E-state index is 6.61. The minimum atomic E-state index is 0.855. The van der Waals surface area contributed by atoms with Crippen LogP contribution in [0.1, 0.15) is 0 Å². The summed E-state index contributed by atoms with van der Waals surface area (Å²) in [6.07, 6.45) is 0. The normalized spacial score (nSPS) is 11.7. The van der Waals surface area contributed by atoms with Crippen LogP contribution in [0.2, 0.25) is 0 Å². The SMILES string of the molecule is c1ccc(-c2ccc(-c3ccc(N(c4ccc5c(c4)oc4ccccc45)c4cccc5oc6c7ccccc7ccc6c45)cc3)cc2)cc1. The number of benzene rings is 8. The summed E-state index contributed by atoms with van der Waals surface area (Å²) in [5.74, 6) is 0. The smallest absolute Gasteiger partial charge is 0.143 e. The molecule has 0 aliphatic heterocycles. The van der Waals surface area contributed by atoms with Crippen LogP contribution in [0.25, 0.3) is 76.9 Å². The van der Waals surface area contributed by atoms with Crippen LogP contribution in [0.4, 0.5) is 17.1 Å². The van der Waals surface area contributed by atoms with E-state index in [2.05, 4.69) is 169 Å². The molecular formula is C46H29NO2. The molecule has 0 spiro atoms. The number of furan rings is 2. The Bertz CT molecular complexity index is 2810. The minimum Gasteiger partial charge on any atom is -0.456 e. The summed E-state index contributed by atoms with van der Waals surface area (Å²) in [6, 6.07) is 62.0. The fourth-order valence-corrected chi connectivity index (χ4v) is 7.29. The Hall–Kier alpha value is -6.58. The standard InChI is InChI=1S/C46H29NO2/c1-2-9-30(10-3-1)31-17-19-32(20-18-31)33-21-24-35(25-22-33)47(36-26-28-39-38-13-6-7-15-42(38)48-44(39)29-36)41-14-8-16-43-45(41)40-27-23-34-11-4-5-12-37(34)46(40)49-43/h1-29H. The molecule has 0 N–H and O–H groups in total. The third-order valence-corrected chi connectivity index (χ3v) is 9.68. The van der Waals surface area contributed by atoms with Crippen LogP contribution in [0.5, 0.6) is 0 Å². The van der Waals surface area contributed by atoms with Gasteiger partial charge in [-0.3, -0.25) is 0 Å². The molecule has 8 aromatic carbocycles. The Kier molecular flexibility index (Phi) is 6.18. The zero-order valence-corrected chi connectivity index (χ0v) is 26.5. The van der Waals surface area contributed by atoms with Crippen molar-refractivity contribution in [2.75, 3.05) is 4.90 Å². The zero-order valence-electron chi connectivity index (χ0n) is 26.5. The van der Waals surface area contributed by atoms with Crippen molar-refractivity contribution in [2.24, 2.45) is 0 Å². The molecule has 3 heteroatoms. The van der Waals surface area contributed by atoms with Crippen LogP contribution in [-0.4, -0.2) is 0 Å². The topological polar surface area (TPSA) is 29.5 Å². The lowest BCUT2D eigenvalue weighted by molar-refractivity contribution is 0.669. The monoisotopic (exact) mass is 627 g/mol. The molecule has 10 aromatic rings. The number of hydrogen-bond donors (Lipinski definition) is 0. The Labute approximate surface area is 282 Å². The summed E-state index contributed by atoms with van der Waals surface area (Å²) in [7, 11) is 0. The van der Waals surface area contributed by atoms with Crippen molar-refractivity contribution >= 4 is 71.7 Å². The molecule has 0 radical (unpaired) electrons. The van der Waals surface area contributed by atoms with Crippen LogP contribution in [0.3, 0.4) is 0 Å². The molecule has 49 heavy (non-hydrogen) atoms. The number of para-hydroxylation sites is 1. The van der Waals surface area contributed by atoms with E-state index in [1.54, 1.807) is 0 Å². The van der Waals surface area contributed by atoms with Gasteiger partial charge in [-0.2, -0.15) is 0 Å². The number of anilines is 3. The summed E-state index contributed by atoms with van der Waals surface area (Å²) >= 11 is 0. The van der Waals surface area contributed by atoms with E-state index >= 15 is 0 Å². The molecule has 0 aliphatic carbocycles. The predicted molar refractivity (Wildman–Crippen MR) is 204 cm³/mol. The lowest BCUT2D eigenvalue weighted by atomic mass is 10.00. The molecule has 0 saturated carbocycles. The van der Waals surface area contributed by atoms with E-state index in [-0.39, 0.29) is 0 Å². The van der Waals surface area contributed by atoms with E-state index in [1.807, 2.05) is 12.1 Å². The van der Waals surface area contributed by atoms with Gasteiger partial charge in [0.1, 0.15) is 22.3 Å². The minimum absolute atomic E-state index is 0.855. The van der Waals surface area contributed by atoms with Gasteiger partial charge >= 0.3 is 0 Å². The summed E-state index contributed by atoms with van der Waals surface area (Å²) in [6.45, 7) is 0. The van der Waals surface area contributed by atoms with Crippen LogP contribution in [0, 0.1) is 0 Å². The van der Waals surface area contributed by atoms with Crippen LogP contribution >= 0.6 is 0 Å². The second kappa shape index (κ2) is 11.0. The Morgan fingerprint density at radius 3 is 1.73 bits per heavy atom. The first-order valence-electron chi connectivity index (χ1n) is 16.6. The van der Waals surface area contributed by atoms with Crippen molar-refractivity contribution in [2.45, 2.75) is 0 Å². The van der Waals surface area contributed by atoms with Crippen molar-refractivity contribution in [3.05, 3.63) is 176 Å². The number of hydrogen-bond acceptors (Lipinski definition) is 3. The lowest BCUT2D eigenvalue weighted by Gasteiger charge is -2.26. The van der Waals surface area contributed by atoms with Gasteiger partial charge in [-0.25, -0.2) is 0 Å². The maximum Gasteiger partial charge on any atom is 0.143 e. The Morgan fingerprint density at radius 2 is 0.939 bits per heavy atom. The highest BCUT2D eigenvalue weighted by Crippen LogP contribution is 2.45. The molecule has 0 bridgehead atoms. The van der Waals surface area contributed by atoms with Gasteiger partial charge in [-0.1, -0.05) is 121 Å². The zero-order chi connectivity index (χ0) is 32.3. The first-order chi connectivity index (χ1) is 24.3. The second-order valence-electron chi connectivity index (χ2n) is 12.5. The van der Waals surface area contributed by atoms with Crippen molar-refractivity contribution in [3.8, 4) is 22.3 Å². The van der Waals surface area contributed by atoms with E-state index in [0.29, 0.717) is 0 Å². The van der Waals surface area contributed by atoms with Gasteiger partial charge < -0.3 is 13.7 Å². The third-order valence-electron chi connectivity index (χ3n) is 9.68. The molecule has 0 fully saturated rings. The Morgan fingerprint density at radius 1 is 0.347 bits per heavy atom. The predicted octanol–water partition coefficient (Wildman–Crippen LogP) is 13.4. The van der Waals surface area contributed by atoms with Gasteiger partial charge in [0.15, 0.2) is 0 Å². The van der Waals surface area contributed by atoms with Crippen molar-refractivity contribution in [3.63, 3.8) is 0 Å². The van der Waals surface area contributed by atoms with Crippen molar-refractivity contribution in [1.29, 1.82) is 0 Å². The van der Waals surface area contributed by atoms with E-state index in [0.717, 1.165) is 77.3 Å². The van der Waals surface area contributed by atoms with E-state index in [9.17, 15) is 0 Å². The molecule has 2 heterocycles. The molecule has 230 valence electrons. The van der Waals surface area contributed by atoms with Crippen molar-refractivity contribution in [1.82, 2.24) is 0 Å². The van der Waals surface area contributed by atoms with Gasteiger partial charge in [0, 0.05) is 39.0 Å². The third kappa shape index (κ3) is 4.51. The van der Waals surface area contributed by atoms with Gasteiger partial charge in [0.05, 0.1) is 11.1 Å². The van der Waals surface area contributed by atoms with E-state index in [1.165, 1.54) is 16.7 Å². The maximum atomic E-state index is 6.61. The van der Waals surface area contributed by atoms with Gasteiger partial charge in [0.2, 0.25) is 0 Å². The molecule has 0 atom stereocenters. The van der Waals surface area contributed by atoms with Crippen molar-refractivity contribution < 1.29 is 8.83 Å². The van der Waals surface area contributed by atoms with Crippen LogP contribution in [-0.2, 0) is 0 Å². The van der Waals surface area contributed by atoms with E-state index < -0.39 is 0 Å². The highest BCUT2D eigenvalue weighted by Gasteiger charge is 2.21. The first-order valence-corrected chi connectivity index (χ1v) is 16.6. The fourth-order valence-electron chi connectivity index (χ4n) is 7.29. The van der Waals surface area contributed by atoms with Gasteiger partial charge in [-0.15, -0.1) is 0 Å². The number of rotatable bonds is 5. The second-order valence-corrected chi connectivity index (χ2v) is 12.5. The largest absolute Gasteiger partial charge is 0.456 e. The average Bonchev–Trinajstić information content (AvgIpc) is 3.75. The van der Waals surface area contributed by atoms with Crippen LogP contribution in [0.15, 0.2) is 185 Å². The summed E-state index contributed by atoms with van der Waals surface area (Å²) in [5, 5.41) is 6.66. The average molecular weight is 628 g/mol. The highest BCUT2D eigenvalue weighted by molar-refractivity contribution is 6.19. The summed E-state index contributed by atoms with van der Waals surface area (Å²) in [4.78, 5) is 2.32. The quantitative estimate of drug-likeness (QED) is 0.190. The summed E-state index contributed by atoms with van der Waals surface area (Å²) in [5.41, 5.74) is 11.4. The molecule has 10 rings (SSSR count). The molecule has 0 unspecified atom stereocenters. The molecular weight excluding hydrogens is 599 g/mol. The Balaban J connectivity index is 1.14. The molecule has 2 aromatic heterocycles. The highest BCUT2D eigenvalue weighted by atomic mass is 16.3. The van der Waals surface area contributed by atoms with Gasteiger partial charge in [0.25, 0.3) is 0 Å². The van der Waals surface area contributed by atoms with Gasteiger partial charge in [-0.05, 0) is 76.2 Å². The lowest BCUT2D eigenvalue weighted by Crippen LogP contribution is -2.10. The fraction of sp³-hybridized carbons (Fsp3) is 0. The van der Waals surface area contributed by atoms with Crippen LogP contribution < -0.4 is 4.90 Å². The summed E-state index contributed by atoms with van der Waals surface area (Å²) < 4.78 is 13.0. The molecule has 0 amide bonds. The first kappa shape index (κ1) is 27.5. The number of fused-ring (bicyclic) bond motifs is 8. The number of nitrogens with zero attached hydrogens (tertiary/aromatic N) is 1. The molecule has 0 aliphatic rings.